The quantitative estimate of drug-likeness (QED) is 0.387. The minimum atomic E-state index is -0.0180. The van der Waals surface area contributed by atoms with E-state index in [-0.39, 0.29) is 11.8 Å². The third-order valence-corrected chi connectivity index (χ3v) is 5.54. The van der Waals surface area contributed by atoms with Gasteiger partial charge in [-0.3, -0.25) is 4.79 Å². The first-order valence-corrected chi connectivity index (χ1v) is 10.9. The molecule has 0 saturated heterocycles. The lowest BCUT2D eigenvalue weighted by molar-refractivity contribution is -0.118. The van der Waals surface area contributed by atoms with Crippen molar-refractivity contribution in [2.24, 2.45) is 4.99 Å². The van der Waals surface area contributed by atoms with Crippen molar-refractivity contribution >= 4 is 45.5 Å². The number of carbonyl (C=O) groups excluding carboxylic acids is 1. The Balaban J connectivity index is 1.84. The maximum atomic E-state index is 12.5. The Morgan fingerprint density at radius 3 is 2.48 bits per heavy atom. The minimum absolute atomic E-state index is 0.0179. The molecule has 6 nitrogen and oxygen atoms in total. The molecular formula is C26H25ClN4O2. The van der Waals surface area contributed by atoms with Gasteiger partial charge >= 0.3 is 0 Å². The van der Waals surface area contributed by atoms with E-state index in [1.807, 2.05) is 79.7 Å². The van der Waals surface area contributed by atoms with E-state index in [0.29, 0.717) is 28.5 Å². The number of aromatic nitrogens is 1. The van der Waals surface area contributed by atoms with E-state index in [2.05, 4.69) is 4.98 Å². The Kier molecular flexibility index (Phi) is 6.49. The number of benzene rings is 3. The van der Waals surface area contributed by atoms with Gasteiger partial charge in [0.05, 0.1) is 29.0 Å². The first-order valence-electron chi connectivity index (χ1n) is 10.5. The molecule has 4 aromatic rings. The molecule has 7 heteroatoms. The van der Waals surface area contributed by atoms with E-state index >= 15 is 0 Å². The molecule has 0 spiro atoms. The molecule has 0 bridgehead atoms. The number of nitrogens with zero attached hydrogens (tertiary/aromatic N) is 3. The van der Waals surface area contributed by atoms with Crippen molar-refractivity contribution in [1.82, 2.24) is 9.88 Å². The summed E-state index contributed by atoms with van der Waals surface area (Å²) in [5, 5.41) is 12.2. The second-order valence-electron chi connectivity index (χ2n) is 8.08. The molecule has 0 saturated carbocycles. The van der Waals surface area contributed by atoms with Crippen molar-refractivity contribution in [3.05, 3.63) is 88.9 Å². The summed E-state index contributed by atoms with van der Waals surface area (Å²) in [7, 11) is 5.47. The highest BCUT2D eigenvalue weighted by molar-refractivity contribution is 6.31. The van der Waals surface area contributed by atoms with E-state index in [9.17, 15) is 9.90 Å². The monoisotopic (exact) mass is 460 g/mol. The summed E-state index contributed by atoms with van der Waals surface area (Å²) >= 11 is 6.14. The molecule has 0 aliphatic carbocycles. The summed E-state index contributed by atoms with van der Waals surface area (Å²) < 4.78 is 0. The van der Waals surface area contributed by atoms with E-state index in [1.165, 1.54) is 0 Å². The number of carbonyl (C=O) groups is 1. The molecule has 33 heavy (non-hydrogen) atoms. The fourth-order valence-electron chi connectivity index (χ4n) is 3.68. The smallest absolute Gasteiger partial charge is 0.240 e. The van der Waals surface area contributed by atoms with Crippen molar-refractivity contribution < 1.29 is 9.90 Å². The lowest BCUT2D eigenvalue weighted by atomic mass is 10.0. The molecule has 4 rings (SSSR count). The molecule has 168 valence electrons. The zero-order valence-electron chi connectivity index (χ0n) is 18.7. The number of hydrogen-bond donors (Lipinski definition) is 2. The van der Waals surface area contributed by atoms with Crippen molar-refractivity contribution in [2.45, 2.75) is 0 Å². The molecule has 3 aromatic carbocycles. The molecule has 0 atom stereocenters. The van der Waals surface area contributed by atoms with Crippen LogP contribution in [0.1, 0.15) is 11.1 Å². The first-order chi connectivity index (χ1) is 15.8. The number of likely N-dealkylation sites (N-methyl/N-ethyl adjacent to an activating group) is 2. The highest BCUT2D eigenvalue weighted by Crippen LogP contribution is 2.33. The van der Waals surface area contributed by atoms with Gasteiger partial charge in [0, 0.05) is 28.7 Å². The lowest BCUT2D eigenvalue weighted by Gasteiger charge is -2.20. The first kappa shape index (κ1) is 22.6. The SMILES string of the molecule is CN(C)CC(=O)N(C)c1cccc(N=C(c2ccccc2)c2c(O)[nH]c3cc(Cl)ccc23)c1. The average molecular weight is 461 g/mol. The van der Waals surface area contributed by atoms with Gasteiger partial charge in [0.1, 0.15) is 0 Å². The van der Waals surface area contributed by atoms with Crippen LogP contribution in [0.3, 0.4) is 0 Å². The van der Waals surface area contributed by atoms with Crippen LogP contribution in [0.25, 0.3) is 10.9 Å². The van der Waals surface area contributed by atoms with Gasteiger partial charge in [0.2, 0.25) is 5.91 Å². The number of amides is 1. The van der Waals surface area contributed by atoms with Crippen LogP contribution in [0, 0.1) is 0 Å². The normalized spacial score (nSPS) is 11.8. The van der Waals surface area contributed by atoms with Gasteiger partial charge in [0.15, 0.2) is 5.88 Å². The van der Waals surface area contributed by atoms with Crippen LogP contribution in [-0.2, 0) is 4.79 Å². The van der Waals surface area contributed by atoms with Crippen LogP contribution in [-0.4, -0.2) is 54.3 Å². The van der Waals surface area contributed by atoms with Crippen LogP contribution < -0.4 is 4.90 Å². The van der Waals surface area contributed by atoms with Crippen LogP contribution in [0.4, 0.5) is 11.4 Å². The maximum absolute atomic E-state index is 12.5. The van der Waals surface area contributed by atoms with Gasteiger partial charge in [-0.1, -0.05) is 54.1 Å². The Morgan fingerprint density at radius 2 is 1.76 bits per heavy atom. The number of nitrogens with one attached hydrogen (secondary N) is 1. The molecular weight excluding hydrogens is 436 g/mol. The molecule has 1 aromatic heterocycles. The largest absolute Gasteiger partial charge is 0.494 e. The summed E-state index contributed by atoms with van der Waals surface area (Å²) in [6, 6.07) is 22.6. The Hall–Kier alpha value is -3.61. The third kappa shape index (κ3) is 4.92. The number of aromatic amines is 1. The van der Waals surface area contributed by atoms with Crippen LogP contribution >= 0.6 is 11.6 Å². The number of halogens is 1. The van der Waals surface area contributed by atoms with Crippen LogP contribution in [0.15, 0.2) is 77.8 Å². The molecule has 2 N–H and O–H groups in total. The Morgan fingerprint density at radius 1 is 1.00 bits per heavy atom. The standard InChI is InChI=1S/C26H25ClN4O2/c1-30(2)16-23(32)31(3)20-11-7-10-19(15-20)28-25(17-8-5-4-6-9-17)24-21-13-12-18(27)14-22(21)29-26(24)33/h4-15,29,33H,16H2,1-3H3. The molecule has 0 aliphatic rings. The van der Waals surface area contributed by atoms with Gasteiger partial charge in [-0.2, -0.15) is 0 Å². The van der Waals surface area contributed by atoms with Gasteiger partial charge in [-0.15, -0.1) is 0 Å². The van der Waals surface area contributed by atoms with Crippen molar-refractivity contribution in [1.29, 1.82) is 0 Å². The number of anilines is 1. The fourth-order valence-corrected chi connectivity index (χ4v) is 3.85. The number of fused-ring (bicyclic) bond motifs is 1. The number of aromatic hydroxyl groups is 1. The van der Waals surface area contributed by atoms with Crippen molar-refractivity contribution in [2.75, 3.05) is 32.6 Å². The molecule has 0 fully saturated rings. The highest BCUT2D eigenvalue weighted by Gasteiger charge is 2.19. The molecule has 0 radical (unpaired) electrons. The number of H-pyrrole nitrogens is 1. The van der Waals surface area contributed by atoms with Crippen molar-refractivity contribution in [3.8, 4) is 5.88 Å². The average Bonchev–Trinajstić information content (AvgIpc) is 3.11. The predicted molar refractivity (Wildman–Crippen MR) is 135 cm³/mol. The summed E-state index contributed by atoms with van der Waals surface area (Å²) in [6.45, 7) is 0.311. The van der Waals surface area contributed by atoms with Crippen LogP contribution in [0.5, 0.6) is 5.88 Å². The summed E-state index contributed by atoms with van der Waals surface area (Å²) in [6.07, 6.45) is 0. The predicted octanol–water partition coefficient (Wildman–Crippen LogP) is 5.22. The summed E-state index contributed by atoms with van der Waals surface area (Å²) in [4.78, 5) is 23.9. The van der Waals surface area contributed by atoms with Crippen LogP contribution in [0.2, 0.25) is 5.02 Å². The molecule has 1 heterocycles. The minimum Gasteiger partial charge on any atom is -0.494 e. The van der Waals surface area contributed by atoms with Gasteiger partial charge in [0.25, 0.3) is 0 Å². The number of hydrogen-bond acceptors (Lipinski definition) is 4. The third-order valence-electron chi connectivity index (χ3n) is 5.31. The number of aliphatic imine (C=N–C) groups is 1. The molecule has 0 unspecified atom stereocenters. The van der Waals surface area contributed by atoms with E-state index in [1.54, 1.807) is 24.1 Å². The lowest BCUT2D eigenvalue weighted by Crippen LogP contribution is -2.34. The zero-order valence-corrected chi connectivity index (χ0v) is 19.5. The van der Waals surface area contributed by atoms with Gasteiger partial charge in [-0.25, -0.2) is 4.99 Å². The van der Waals surface area contributed by atoms with E-state index in [0.717, 1.165) is 22.2 Å². The zero-order chi connectivity index (χ0) is 23.5. The maximum Gasteiger partial charge on any atom is 0.240 e. The fraction of sp³-hybridized carbons (Fsp3) is 0.154. The van der Waals surface area contributed by atoms with Gasteiger partial charge < -0.3 is 19.9 Å². The second-order valence-corrected chi connectivity index (χ2v) is 8.51. The Labute approximate surface area is 197 Å². The summed E-state index contributed by atoms with van der Waals surface area (Å²) in [5.41, 5.74) is 4.19. The second kappa shape index (κ2) is 9.48. The molecule has 0 aliphatic heterocycles. The van der Waals surface area contributed by atoms with Crippen molar-refractivity contribution in [3.63, 3.8) is 0 Å². The highest BCUT2D eigenvalue weighted by atomic mass is 35.5. The van der Waals surface area contributed by atoms with Gasteiger partial charge in [-0.05, 0) is 44.4 Å². The Bertz CT molecular complexity index is 1330. The topological polar surface area (TPSA) is 71.9 Å². The van der Waals surface area contributed by atoms with E-state index < -0.39 is 0 Å². The van der Waals surface area contributed by atoms with E-state index in [4.69, 9.17) is 16.6 Å². The molecule has 1 amide bonds. The number of rotatable bonds is 6. The summed E-state index contributed by atoms with van der Waals surface area (Å²) in [5.74, 6) is -0.000123.